The number of sulfone groups is 1. The molecule has 2 N–H and O–H groups in total. The van der Waals surface area contributed by atoms with Crippen LogP contribution in [-0.2, 0) is 19.3 Å². The van der Waals surface area contributed by atoms with E-state index >= 15 is 0 Å². The monoisotopic (exact) mass is 501 g/mol. The molecule has 0 spiro atoms. The van der Waals surface area contributed by atoms with Crippen molar-refractivity contribution in [2.45, 2.75) is 63.0 Å². The van der Waals surface area contributed by atoms with Crippen LogP contribution in [0.2, 0.25) is 0 Å². The minimum Gasteiger partial charge on any atom is -0.377 e. The van der Waals surface area contributed by atoms with Crippen molar-refractivity contribution >= 4 is 27.4 Å². The Hall–Kier alpha value is -2.72. The number of rotatable bonds is 8. The van der Waals surface area contributed by atoms with Crippen molar-refractivity contribution in [3.63, 3.8) is 0 Å². The summed E-state index contributed by atoms with van der Waals surface area (Å²) in [6, 6.07) is 9.00. The summed E-state index contributed by atoms with van der Waals surface area (Å²) in [6.07, 6.45) is 1.99. The molecule has 2 amide bonds. The maximum atomic E-state index is 13.3. The molecular weight excluding hydrogens is 466 g/mol. The number of carbonyl (C=O) groups excluding carboxylic acids is 1. The fourth-order valence-corrected chi connectivity index (χ4v) is 6.35. The van der Waals surface area contributed by atoms with Gasteiger partial charge in [0.1, 0.15) is 10.6 Å². The van der Waals surface area contributed by atoms with Gasteiger partial charge in [-0.05, 0) is 64.3 Å². The highest BCUT2D eigenvalue weighted by atomic mass is 32.2. The quantitative estimate of drug-likeness (QED) is 0.567. The molecule has 0 unspecified atom stereocenters. The summed E-state index contributed by atoms with van der Waals surface area (Å²) in [6.45, 7) is 9.98. The Morgan fingerprint density at radius 2 is 1.94 bits per heavy atom. The number of hydrogen-bond donors (Lipinski definition) is 2. The Morgan fingerprint density at radius 3 is 2.54 bits per heavy atom. The molecular formula is C25H35N5O4S. The van der Waals surface area contributed by atoms with Crippen molar-refractivity contribution in [2.24, 2.45) is 0 Å². The first-order valence-corrected chi connectivity index (χ1v) is 13.9. The molecule has 1 aliphatic heterocycles. The third kappa shape index (κ3) is 5.13. The summed E-state index contributed by atoms with van der Waals surface area (Å²) in [4.78, 5) is 23.8. The van der Waals surface area contributed by atoms with Crippen molar-refractivity contribution in [3.05, 3.63) is 36.0 Å². The molecule has 0 bridgehead atoms. The first-order valence-electron chi connectivity index (χ1n) is 12.3. The van der Waals surface area contributed by atoms with E-state index < -0.39 is 19.8 Å². The van der Waals surface area contributed by atoms with Gasteiger partial charge in [-0.25, -0.2) is 23.2 Å². The highest BCUT2D eigenvalue weighted by Crippen LogP contribution is 2.54. The predicted octanol–water partition coefficient (Wildman–Crippen LogP) is 3.71. The maximum absolute atomic E-state index is 13.3. The molecule has 9 nitrogen and oxygen atoms in total. The largest absolute Gasteiger partial charge is 0.377 e. The Kier molecular flexibility index (Phi) is 7.32. The van der Waals surface area contributed by atoms with Crippen LogP contribution in [0.4, 0.5) is 16.3 Å². The van der Waals surface area contributed by atoms with E-state index in [2.05, 4.69) is 22.5 Å². The van der Waals surface area contributed by atoms with E-state index in [0.29, 0.717) is 62.2 Å². The van der Waals surface area contributed by atoms with Crippen LogP contribution in [0.5, 0.6) is 0 Å². The van der Waals surface area contributed by atoms with Gasteiger partial charge in [-0.15, -0.1) is 0 Å². The molecule has 1 atom stereocenters. The fourth-order valence-electron chi connectivity index (χ4n) is 4.38. The van der Waals surface area contributed by atoms with Gasteiger partial charge in [-0.3, -0.25) is 0 Å². The number of carbonyl (C=O) groups is 1. The number of nitrogens with one attached hydrogen (secondary N) is 2. The first-order chi connectivity index (χ1) is 16.7. The van der Waals surface area contributed by atoms with E-state index in [0.717, 1.165) is 12.0 Å². The van der Waals surface area contributed by atoms with Crippen molar-refractivity contribution in [2.75, 3.05) is 36.5 Å². The van der Waals surface area contributed by atoms with Crippen molar-refractivity contribution in [1.29, 1.82) is 0 Å². The zero-order valence-corrected chi connectivity index (χ0v) is 21.7. The normalized spacial score (nSPS) is 19.5. The van der Waals surface area contributed by atoms with Gasteiger partial charge in [0.15, 0.2) is 15.7 Å². The van der Waals surface area contributed by atoms with Crippen LogP contribution in [0.1, 0.15) is 52.7 Å². The summed E-state index contributed by atoms with van der Waals surface area (Å²) in [7, 11) is -3.39. The summed E-state index contributed by atoms with van der Waals surface area (Å²) in [5, 5.41) is 5.10. The van der Waals surface area contributed by atoms with E-state index in [4.69, 9.17) is 14.7 Å². The molecule has 1 saturated carbocycles. The second kappa shape index (κ2) is 10.1. The standard InChI is InChI=1S/C25H35N5O4S/c1-5-12-26-24(31)27-20-8-6-19(7-9-20)23-28-21(25(10-11-25)35(32,33)17(2)3)15-22(29-23)30-13-14-34-16-18(30)4/h6-9,15,17-18H,5,10-14,16H2,1-4H3,(H2,26,27,31)/t18-/m0/s1. The van der Waals surface area contributed by atoms with E-state index in [1.54, 1.807) is 26.0 Å². The number of ether oxygens (including phenoxy) is 1. The van der Waals surface area contributed by atoms with E-state index in [9.17, 15) is 13.2 Å². The topological polar surface area (TPSA) is 114 Å². The van der Waals surface area contributed by atoms with Crippen LogP contribution >= 0.6 is 0 Å². The van der Waals surface area contributed by atoms with Gasteiger partial charge in [0, 0.05) is 30.4 Å². The fraction of sp³-hybridized carbons (Fsp3) is 0.560. The smallest absolute Gasteiger partial charge is 0.319 e. The van der Waals surface area contributed by atoms with Gasteiger partial charge in [0.25, 0.3) is 0 Å². The number of amides is 2. The summed E-state index contributed by atoms with van der Waals surface area (Å²) in [5.74, 6) is 1.19. The first kappa shape index (κ1) is 25.4. The van der Waals surface area contributed by atoms with Crippen LogP contribution in [0.25, 0.3) is 11.4 Å². The number of aromatic nitrogens is 2. The van der Waals surface area contributed by atoms with Crippen molar-refractivity contribution in [1.82, 2.24) is 15.3 Å². The molecule has 0 radical (unpaired) electrons. The molecule has 1 aromatic heterocycles. The Bertz CT molecular complexity index is 1160. The minimum atomic E-state index is -3.39. The highest BCUT2D eigenvalue weighted by molar-refractivity contribution is 7.93. The molecule has 2 fully saturated rings. The third-order valence-electron chi connectivity index (χ3n) is 6.65. The van der Waals surface area contributed by atoms with Gasteiger partial charge >= 0.3 is 6.03 Å². The lowest BCUT2D eigenvalue weighted by Crippen LogP contribution is -2.44. The second-order valence-corrected chi connectivity index (χ2v) is 12.4. The summed E-state index contributed by atoms with van der Waals surface area (Å²) < 4.78 is 31.2. The number of hydrogen-bond acceptors (Lipinski definition) is 7. The van der Waals surface area contributed by atoms with Gasteiger partial charge in [0.2, 0.25) is 0 Å². The van der Waals surface area contributed by atoms with Gasteiger partial charge < -0.3 is 20.3 Å². The minimum absolute atomic E-state index is 0.115. The summed E-state index contributed by atoms with van der Waals surface area (Å²) >= 11 is 0. The molecule has 1 aliphatic carbocycles. The molecule has 190 valence electrons. The number of anilines is 2. The molecule has 10 heteroatoms. The van der Waals surface area contributed by atoms with Crippen molar-refractivity contribution in [3.8, 4) is 11.4 Å². The molecule has 2 heterocycles. The number of nitrogens with zero attached hydrogens (tertiary/aromatic N) is 3. The lowest BCUT2D eigenvalue weighted by molar-refractivity contribution is 0.0985. The van der Waals surface area contributed by atoms with E-state index in [1.807, 2.05) is 25.1 Å². The van der Waals surface area contributed by atoms with E-state index in [1.165, 1.54) is 0 Å². The van der Waals surface area contributed by atoms with Crippen LogP contribution in [0.3, 0.4) is 0 Å². The molecule has 1 saturated heterocycles. The molecule has 2 aromatic rings. The maximum Gasteiger partial charge on any atom is 0.319 e. The van der Waals surface area contributed by atoms with Crippen LogP contribution in [-0.4, -0.2) is 62.0 Å². The number of benzene rings is 1. The molecule has 1 aromatic carbocycles. The summed E-state index contributed by atoms with van der Waals surface area (Å²) in [5.41, 5.74) is 1.97. The predicted molar refractivity (Wildman–Crippen MR) is 137 cm³/mol. The number of urea groups is 1. The molecule has 2 aliphatic rings. The van der Waals surface area contributed by atoms with Crippen LogP contribution < -0.4 is 15.5 Å². The lowest BCUT2D eigenvalue weighted by atomic mass is 10.1. The van der Waals surface area contributed by atoms with Gasteiger partial charge in [-0.2, -0.15) is 0 Å². The number of morpholine rings is 1. The lowest BCUT2D eigenvalue weighted by Gasteiger charge is -2.35. The Morgan fingerprint density at radius 1 is 1.23 bits per heavy atom. The molecule has 35 heavy (non-hydrogen) atoms. The highest BCUT2D eigenvalue weighted by Gasteiger charge is 2.58. The third-order valence-corrected chi connectivity index (χ3v) is 9.60. The zero-order chi connectivity index (χ0) is 25.2. The Labute approximate surface area is 207 Å². The Balaban J connectivity index is 1.71. The van der Waals surface area contributed by atoms with Gasteiger partial charge in [-0.1, -0.05) is 6.92 Å². The van der Waals surface area contributed by atoms with Crippen molar-refractivity contribution < 1.29 is 17.9 Å². The average molecular weight is 502 g/mol. The van der Waals surface area contributed by atoms with Crippen LogP contribution in [0, 0.1) is 0 Å². The van der Waals surface area contributed by atoms with Gasteiger partial charge in [0.05, 0.1) is 30.2 Å². The molecule has 4 rings (SSSR count). The SMILES string of the molecule is CCCNC(=O)Nc1ccc(-c2nc(N3CCOC[C@@H]3C)cc(C3(S(=O)(=O)C(C)C)CC3)n2)cc1. The average Bonchev–Trinajstić information content (AvgIpc) is 3.66. The van der Waals surface area contributed by atoms with E-state index in [-0.39, 0.29) is 12.1 Å². The second-order valence-electron chi connectivity index (χ2n) is 9.60. The van der Waals surface area contributed by atoms with Crippen LogP contribution in [0.15, 0.2) is 30.3 Å². The zero-order valence-electron chi connectivity index (χ0n) is 20.9.